The van der Waals surface area contributed by atoms with E-state index in [1.165, 1.54) is 6.42 Å². The molecule has 0 aromatic carbocycles. The van der Waals surface area contributed by atoms with Gasteiger partial charge in [0.2, 0.25) is 0 Å². The van der Waals surface area contributed by atoms with Crippen LogP contribution in [0.3, 0.4) is 0 Å². The number of rotatable bonds is 2. The van der Waals surface area contributed by atoms with E-state index < -0.39 is 5.60 Å². The molecular weight excluding hydrogens is 174 g/mol. The lowest BCUT2D eigenvalue weighted by atomic mass is 9.66. The van der Waals surface area contributed by atoms with Gasteiger partial charge in [0.25, 0.3) is 0 Å². The van der Waals surface area contributed by atoms with Crippen LogP contribution in [0.1, 0.15) is 46.5 Å². The topological polar surface area (TPSA) is 44.0 Å². The lowest BCUT2D eigenvalue weighted by Gasteiger charge is -2.43. The molecule has 2 heteroatoms. The van der Waals surface area contributed by atoms with Crippen molar-refractivity contribution in [3.8, 4) is 6.07 Å². The van der Waals surface area contributed by atoms with E-state index in [2.05, 4.69) is 26.8 Å². The lowest BCUT2D eigenvalue weighted by molar-refractivity contribution is -0.0762. The van der Waals surface area contributed by atoms with Crippen molar-refractivity contribution >= 4 is 0 Å². The second-order valence-electron chi connectivity index (χ2n) is 5.18. The molecular formula is C12H21NO. The third-order valence-corrected chi connectivity index (χ3v) is 3.55. The van der Waals surface area contributed by atoms with E-state index in [4.69, 9.17) is 5.26 Å². The second kappa shape index (κ2) is 4.31. The van der Waals surface area contributed by atoms with Gasteiger partial charge >= 0.3 is 0 Å². The fourth-order valence-electron chi connectivity index (χ4n) is 2.88. The maximum Gasteiger partial charge on any atom is 0.0810 e. The molecule has 80 valence electrons. The summed E-state index contributed by atoms with van der Waals surface area (Å²) in [6.07, 6.45) is 3.34. The molecule has 1 N–H and O–H groups in total. The molecule has 1 rings (SSSR count). The molecule has 0 bridgehead atoms. The molecule has 2 nitrogen and oxygen atoms in total. The second-order valence-corrected chi connectivity index (χ2v) is 5.18. The Morgan fingerprint density at radius 3 is 2.64 bits per heavy atom. The Balaban J connectivity index is 2.78. The summed E-state index contributed by atoms with van der Waals surface area (Å²) in [5, 5.41) is 19.2. The molecule has 3 atom stereocenters. The Bertz CT molecular complexity index is 231. The molecule has 0 spiro atoms. The number of hydrogen-bond acceptors (Lipinski definition) is 2. The van der Waals surface area contributed by atoms with Crippen LogP contribution in [0.5, 0.6) is 0 Å². The molecule has 0 unspecified atom stereocenters. The molecule has 0 amide bonds. The predicted molar refractivity (Wildman–Crippen MR) is 56.5 cm³/mol. The number of aliphatic hydroxyl groups is 1. The summed E-state index contributed by atoms with van der Waals surface area (Å²) < 4.78 is 0. The zero-order valence-corrected chi connectivity index (χ0v) is 9.45. The minimum atomic E-state index is -0.722. The fraction of sp³-hybridized carbons (Fsp3) is 0.917. The first kappa shape index (κ1) is 11.5. The summed E-state index contributed by atoms with van der Waals surface area (Å²) in [5.74, 6) is 1.34. The number of nitrogens with zero attached hydrogens (tertiary/aromatic N) is 1. The molecule has 0 saturated heterocycles. The van der Waals surface area contributed by atoms with Gasteiger partial charge in [0, 0.05) is 0 Å². The van der Waals surface area contributed by atoms with Crippen molar-refractivity contribution < 1.29 is 5.11 Å². The summed E-state index contributed by atoms with van der Waals surface area (Å²) >= 11 is 0. The first-order valence-corrected chi connectivity index (χ1v) is 5.59. The van der Waals surface area contributed by atoms with Gasteiger partial charge < -0.3 is 5.11 Å². The quantitative estimate of drug-likeness (QED) is 0.736. The van der Waals surface area contributed by atoms with Crippen LogP contribution in [0.25, 0.3) is 0 Å². The molecule has 0 aromatic rings. The third kappa shape index (κ3) is 2.27. The molecule has 0 radical (unpaired) electrons. The van der Waals surface area contributed by atoms with Crippen LogP contribution in [0.2, 0.25) is 0 Å². The number of hydrogen-bond donors (Lipinski definition) is 1. The van der Waals surface area contributed by atoms with Crippen molar-refractivity contribution in [2.75, 3.05) is 0 Å². The highest BCUT2D eigenvalue weighted by Gasteiger charge is 2.42. The molecule has 0 aromatic heterocycles. The Hall–Kier alpha value is -0.550. The van der Waals surface area contributed by atoms with E-state index in [0.29, 0.717) is 24.2 Å². The lowest BCUT2D eigenvalue weighted by Crippen LogP contribution is -2.45. The molecule has 1 aliphatic rings. The standard InChI is InChI=1S/C12H21NO/c1-9(2)11-5-4-10(3)8-12(11,14)6-7-13/h9-11,14H,4-6,8H2,1-3H3/t10-,11+,12-/m1/s1. The normalized spacial score (nSPS) is 38.3. The highest BCUT2D eigenvalue weighted by Crippen LogP contribution is 2.42. The zero-order chi connectivity index (χ0) is 10.8. The van der Waals surface area contributed by atoms with E-state index in [0.717, 1.165) is 12.8 Å². The van der Waals surface area contributed by atoms with E-state index in [1.54, 1.807) is 0 Å². The van der Waals surface area contributed by atoms with E-state index in [1.807, 2.05) is 0 Å². The van der Waals surface area contributed by atoms with Gasteiger partial charge in [-0.1, -0.05) is 27.2 Å². The summed E-state index contributed by atoms with van der Waals surface area (Å²) in [6, 6.07) is 2.13. The monoisotopic (exact) mass is 195 g/mol. The smallest absolute Gasteiger partial charge is 0.0810 e. The predicted octanol–water partition coefficient (Wildman–Crippen LogP) is 2.72. The minimum Gasteiger partial charge on any atom is -0.389 e. The summed E-state index contributed by atoms with van der Waals surface area (Å²) in [4.78, 5) is 0. The van der Waals surface area contributed by atoms with Crippen LogP contribution >= 0.6 is 0 Å². The van der Waals surface area contributed by atoms with Crippen molar-refractivity contribution in [1.82, 2.24) is 0 Å². The minimum absolute atomic E-state index is 0.292. The summed E-state index contributed by atoms with van der Waals surface area (Å²) in [5.41, 5.74) is -0.722. The van der Waals surface area contributed by atoms with Gasteiger partial charge in [-0.15, -0.1) is 0 Å². The first-order chi connectivity index (χ1) is 6.49. The van der Waals surface area contributed by atoms with Crippen LogP contribution in [0.4, 0.5) is 0 Å². The highest BCUT2D eigenvalue weighted by molar-refractivity contribution is 4.98. The van der Waals surface area contributed by atoms with Crippen LogP contribution in [-0.2, 0) is 0 Å². The average molecular weight is 195 g/mol. The zero-order valence-electron chi connectivity index (χ0n) is 9.45. The third-order valence-electron chi connectivity index (χ3n) is 3.55. The maximum atomic E-state index is 10.4. The van der Waals surface area contributed by atoms with Crippen molar-refractivity contribution in [2.24, 2.45) is 17.8 Å². The molecule has 14 heavy (non-hydrogen) atoms. The number of nitriles is 1. The van der Waals surface area contributed by atoms with Crippen molar-refractivity contribution in [1.29, 1.82) is 5.26 Å². The summed E-state index contributed by atoms with van der Waals surface area (Å²) in [6.45, 7) is 6.45. The van der Waals surface area contributed by atoms with E-state index in [9.17, 15) is 5.11 Å². The van der Waals surface area contributed by atoms with Crippen LogP contribution in [0.15, 0.2) is 0 Å². The average Bonchev–Trinajstić information content (AvgIpc) is 2.02. The van der Waals surface area contributed by atoms with Crippen molar-refractivity contribution in [3.05, 3.63) is 0 Å². The highest BCUT2D eigenvalue weighted by atomic mass is 16.3. The van der Waals surface area contributed by atoms with Crippen molar-refractivity contribution in [3.63, 3.8) is 0 Å². The van der Waals surface area contributed by atoms with Crippen LogP contribution in [0, 0.1) is 29.1 Å². The van der Waals surface area contributed by atoms with Gasteiger partial charge in [0.15, 0.2) is 0 Å². The summed E-state index contributed by atoms with van der Waals surface area (Å²) in [7, 11) is 0. The molecule has 1 fully saturated rings. The van der Waals surface area contributed by atoms with E-state index >= 15 is 0 Å². The van der Waals surface area contributed by atoms with Gasteiger partial charge in [-0.25, -0.2) is 0 Å². The van der Waals surface area contributed by atoms with Crippen molar-refractivity contribution in [2.45, 2.75) is 52.1 Å². The van der Waals surface area contributed by atoms with Gasteiger partial charge in [0.05, 0.1) is 18.1 Å². The van der Waals surface area contributed by atoms with Gasteiger partial charge in [0.1, 0.15) is 0 Å². The fourth-order valence-corrected chi connectivity index (χ4v) is 2.88. The Kier molecular flexibility index (Phi) is 3.55. The van der Waals surface area contributed by atoms with Gasteiger partial charge in [-0.05, 0) is 30.6 Å². The molecule has 1 aliphatic carbocycles. The van der Waals surface area contributed by atoms with E-state index in [-0.39, 0.29) is 0 Å². The Labute approximate surface area is 86.9 Å². The van der Waals surface area contributed by atoms with Crippen LogP contribution < -0.4 is 0 Å². The maximum absolute atomic E-state index is 10.4. The van der Waals surface area contributed by atoms with Gasteiger partial charge in [-0.3, -0.25) is 0 Å². The Morgan fingerprint density at radius 2 is 2.14 bits per heavy atom. The molecule has 1 saturated carbocycles. The largest absolute Gasteiger partial charge is 0.389 e. The van der Waals surface area contributed by atoms with Crippen LogP contribution in [-0.4, -0.2) is 10.7 Å². The molecule has 0 aliphatic heterocycles. The SMILES string of the molecule is CC(C)[C@@H]1CC[C@@H](C)C[C@]1(O)CC#N. The molecule has 0 heterocycles. The first-order valence-electron chi connectivity index (χ1n) is 5.59. The Morgan fingerprint density at radius 1 is 1.50 bits per heavy atom. The van der Waals surface area contributed by atoms with Gasteiger partial charge in [-0.2, -0.15) is 5.26 Å².